The molecule has 1 rings (SSSR count). The third-order valence-corrected chi connectivity index (χ3v) is 1.67. The monoisotopic (exact) mass is 159 g/mol. The summed E-state index contributed by atoms with van der Waals surface area (Å²) in [4.78, 5) is 10.2. The zero-order valence-electron chi connectivity index (χ0n) is 6.66. The summed E-state index contributed by atoms with van der Waals surface area (Å²) in [6.07, 6.45) is 0.856. The highest BCUT2D eigenvalue weighted by Gasteiger charge is 2.29. The molecule has 4 nitrogen and oxygen atoms in total. The Labute approximate surface area is 65.8 Å². The van der Waals surface area contributed by atoms with Crippen LogP contribution in [0.15, 0.2) is 5.18 Å². The first-order chi connectivity index (χ1) is 5.38. The number of ether oxygens (including phenoxy) is 2. The highest BCUT2D eigenvalue weighted by Crippen LogP contribution is 2.12. The molecule has 1 aliphatic rings. The fraction of sp³-hybridized carbons (Fsp3) is 1.00. The topological polar surface area (TPSA) is 47.9 Å². The van der Waals surface area contributed by atoms with Crippen LogP contribution in [0.1, 0.15) is 13.3 Å². The van der Waals surface area contributed by atoms with Crippen molar-refractivity contribution in [3.63, 3.8) is 0 Å². The summed E-state index contributed by atoms with van der Waals surface area (Å²) in [6, 6.07) is -0.290. The summed E-state index contributed by atoms with van der Waals surface area (Å²) >= 11 is 0. The van der Waals surface area contributed by atoms with E-state index < -0.39 is 0 Å². The first kappa shape index (κ1) is 8.62. The van der Waals surface area contributed by atoms with Crippen LogP contribution in [0.2, 0.25) is 0 Å². The van der Waals surface area contributed by atoms with Crippen LogP contribution in [0.4, 0.5) is 0 Å². The molecule has 0 aromatic rings. The number of nitroso groups, excluding NO2 is 1. The van der Waals surface area contributed by atoms with Crippen molar-refractivity contribution in [3.8, 4) is 0 Å². The molecule has 64 valence electrons. The zero-order chi connectivity index (χ0) is 8.10. The predicted octanol–water partition coefficient (Wildman–Crippen LogP) is 0.947. The molecule has 1 aliphatic heterocycles. The SMILES string of the molecule is CCCOC1COCC1N=O. The van der Waals surface area contributed by atoms with E-state index in [1.807, 2.05) is 6.92 Å². The van der Waals surface area contributed by atoms with Gasteiger partial charge in [-0.1, -0.05) is 12.1 Å². The summed E-state index contributed by atoms with van der Waals surface area (Å²) in [6.45, 7) is 3.63. The average Bonchev–Trinajstić information content (AvgIpc) is 2.47. The van der Waals surface area contributed by atoms with Gasteiger partial charge in [0.25, 0.3) is 0 Å². The molecule has 2 atom stereocenters. The quantitative estimate of drug-likeness (QED) is 0.574. The Balaban J connectivity index is 2.25. The fourth-order valence-corrected chi connectivity index (χ4v) is 1.05. The number of hydrogen-bond acceptors (Lipinski definition) is 4. The molecule has 0 amide bonds. The second-order valence-electron chi connectivity index (χ2n) is 2.62. The molecule has 0 aromatic carbocycles. The number of nitrogens with zero attached hydrogens (tertiary/aromatic N) is 1. The van der Waals surface area contributed by atoms with Crippen LogP contribution in [-0.2, 0) is 9.47 Å². The number of hydrogen-bond donors (Lipinski definition) is 0. The summed E-state index contributed by atoms with van der Waals surface area (Å²) in [5, 5.41) is 2.92. The third-order valence-electron chi connectivity index (χ3n) is 1.67. The molecule has 0 aliphatic carbocycles. The summed E-state index contributed by atoms with van der Waals surface area (Å²) in [7, 11) is 0. The van der Waals surface area contributed by atoms with Gasteiger partial charge in [-0.25, -0.2) is 0 Å². The van der Waals surface area contributed by atoms with Gasteiger partial charge in [-0.05, 0) is 6.42 Å². The van der Waals surface area contributed by atoms with Crippen molar-refractivity contribution in [1.29, 1.82) is 0 Å². The van der Waals surface area contributed by atoms with Gasteiger partial charge in [0.15, 0.2) is 0 Å². The first-order valence-electron chi connectivity index (χ1n) is 3.90. The Morgan fingerprint density at radius 2 is 2.45 bits per heavy atom. The zero-order valence-corrected chi connectivity index (χ0v) is 6.66. The van der Waals surface area contributed by atoms with Crippen molar-refractivity contribution < 1.29 is 9.47 Å². The first-order valence-corrected chi connectivity index (χ1v) is 3.90. The Bertz CT molecular complexity index is 129. The maximum atomic E-state index is 10.2. The van der Waals surface area contributed by atoms with E-state index in [4.69, 9.17) is 9.47 Å². The van der Waals surface area contributed by atoms with Gasteiger partial charge in [-0.15, -0.1) is 0 Å². The molecule has 0 spiro atoms. The Morgan fingerprint density at radius 1 is 1.64 bits per heavy atom. The molecular formula is C7H13NO3. The van der Waals surface area contributed by atoms with E-state index >= 15 is 0 Å². The van der Waals surface area contributed by atoms with Crippen molar-refractivity contribution in [2.75, 3.05) is 19.8 Å². The van der Waals surface area contributed by atoms with E-state index in [1.54, 1.807) is 0 Å². The van der Waals surface area contributed by atoms with Crippen LogP contribution in [0.3, 0.4) is 0 Å². The van der Waals surface area contributed by atoms with Gasteiger partial charge in [-0.3, -0.25) is 0 Å². The molecular weight excluding hydrogens is 146 g/mol. The molecule has 0 radical (unpaired) electrons. The highest BCUT2D eigenvalue weighted by molar-refractivity contribution is 4.81. The van der Waals surface area contributed by atoms with Gasteiger partial charge in [0, 0.05) is 6.61 Å². The standard InChI is InChI=1S/C7H13NO3/c1-2-3-11-7-5-10-4-6(7)8-9/h6-7H,2-5H2,1H3. The maximum Gasteiger partial charge on any atom is 0.143 e. The molecule has 4 heteroatoms. The smallest absolute Gasteiger partial charge is 0.143 e. The Kier molecular flexibility index (Phi) is 3.45. The molecule has 1 fully saturated rings. The maximum absolute atomic E-state index is 10.2. The predicted molar refractivity (Wildman–Crippen MR) is 40.4 cm³/mol. The minimum Gasteiger partial charge on any atom is -0.376 e. The second kappa shape index (κ2) is 4.41. The van der Waals surface area contributed by atoms with Gasteiger partial charge in [-0.2, -0.15) is 4.91 Å². The highest BCUT2D eigenvalue weighted by atomic mass is 16.5. The van der Waals surface area contributed by atoms with Crippen molar-refractivity contribution in [2.24, 2.45) is 5.18 Å². The lowest BCUT2D eigenvalue weighted by Gasteiger charge is -2.10. The molecule has 0 bridgehead atoms. The van der Waals surface area contributed by atoms with E-state index in [-0.39, 0.29) is 12.1 Å². The van der Waals surface area contributed by atoms with Gasteiger partial charge in [0.05, 0.1) is 13.2 Å². The van der Waals surface area contributed by atoms with Crippen LogP contribution < -0.4 is 0 Å². The van der Waals surface area contributed by atoms with Crippen LogP contribution >= 0.6 is 0 Å². The van der Waals surface area contributed by atoms with E-state index in [9.17, 15) is 4.91 Å². The molecule has 0 N–H and O–H groups in total. The summed E-state index contributed by atoms with van der Waals surface area (Å²) in [5.41, 5.74) is 0. The molecule has 0 saturated carbocycles. The molecule has 11 heavy (non-hydrogen) atoms. The van der Waals surface area contributed by atoms with E-state index in [2.05, 4.69) is 5.18 Å². The van der Waals surface area contributed by atoms with Gasteiger partial charge < -0.3 is 9.47 Å². The van der Waals surface area contributed by atoms with Crippen molar-refractivity contribution in [1.82, 2.24) is 0 Å². The van der Waals surface area contributed by atoms with Crippen LogP contribution in [0, 0.1) is 4.91 Å². The van der Waals surface area contributed by atoms with Crippen molar-refractivity contribution in [2.45, 2.75) is 25.5 Å². The average molecular weight is 159 g/mol. The molecule has 0 aromatic heterocycles. The fourth-order valence-electron chi connectivity index (χ4n) is 1.05. The van der Waals surface area contributed by atoms with Crippen LogP contribution in [-0.4, -0.2) is 32.0 Å². The lowest BCUT2D eigenvalue weighted by atomic mass is 10.2. The third kappa shape index (κ3) is 2.24. The van der Waals surface area contributed by atoms with E-state index in [0.717, 1.165) is 6.42 Å². The minimum absolute atomic E-state index is 0.104. The van der Waals surface area contributed by atoms with Crippen LogP contribution in [0.5, 0.6) is 0 Å². The summed E-state index contributed by atoms with van der Waals surface area (Å²) < 4.78 is 10.4. The lowest BCUT2D eigenvalue weighted by molar-refractivity contribution is 0.0382. The van der Waals surface area contributed by atoms with Crippen molar-refractivity contribution in [3.05, 3.63) is 4.91 Å². The normalized spacial score (nSPS) is 30.6. The molecule has 2 unspecified atom stereocenters. The second-order valence-corrected chi connectivity index (χ2v) is 2.62. The van der Waals surface area contributed by atoms with E-state index in [0.29, 0.717) is 19.8 Å². The van der Waals surface area contributed by atoms with Gasteiger partial charge in [0.1, 0.15) is 12.1 Å². The number of rotatable bonds is 4. The van der Waals surface area contributed by atoms with Crippen molar-refractivity contribution >= 4 is 0 Å². The lowest BCUT2D eigenvalue weighted by Crippen LogP contribution is -2.25. The Hall–Kier alpha value is -0.480. The summed E-state index contributed by atoms with van der Waals surface area (Å²) in [5.74, 6) is 0. The Morgan fingerprint density at radius 3 is 3.09 bits per heavy atom. The molecule has 1 heterocycles. The van der Waals surface area contributed by atoms with E-state index in [1.165, 1.54) is 0 Å². The van der Waals surface area contributed by atoms with Gasteiger partial charge >= 0.3 is 0 Å². The molecule has 1 saturated heterocycles. The largest absolute Gasteiger partial charge is 0.376 e. The van der Waals surface area contributed by atoms with Crippen LogP contribution in [0.25, 0.3) is 0 Å². The van der Waals surface area contributed by atoms with Gasteiger partial charge in [0.2, 0.25) is 0 Å². The minimum atomic E-state index is -0.290.